The molecule has 1 amide bonds. The molecule has 0 fully saturated rings. The molecular weight excluding hydrogens is 468 g/mol. The van der Waals surface area contributed by atoms with Gasteiger partial charge in [-0.3, -0.25) is 14.9 Å². The van der Waals surface area contributed by atoms with Crippen LogP contribution in [0.2, 0.25) is 0 Å². The van der Waals surface area contributed by atoms with Gasteiger partial charge >= 0.3 is 11.6 Å². The average Bonchev–Trinajstić information content (AvgIpc) is 2.86. The molecule has 0 aliphatic heterocycles. The number of rotatable bonds is 8. The predicted octanol–water partition coefficient (Wildman–Crippen LogP) is 4.38. The van der Waals surface area contributed by atoms with Gasteiger partial charge in [0.15, 0.2) is 6.61 Å². The largest absolute Gasteiger partial charge is 0.489 e. The van der Waals surface area contributed by atoms with Gasteiger partial charge in [0.05, 0.1) is 10.5 Å². The molecule has 0 atom stereocenters. The predicted molar refractivity (Wildman–Crippen MR) is 130 cm³/mol. The van der Waals surface area contributed by atoms with Crippen LogP contribution in [-0.2, 0) is 16.1 Å². The molecule has 3 aromatic carbocycles. The Labute approximate surface area is 204 Å². The maximum Gasteiger partial charge on any atom is 0.338 e. The summed E-state index contributed by atoms with van der Waals surface area (Å²) in [5.41, 5.74) is 1.55. The summed E-state index contributed by atoms with van der Waals surface area (Å²) in [5.74, 6) is -0.909. The van der Waals surface area contributed by atoms with Crippen LogP contribution in [0.1, 0.15) is 21.5 Å². The van der Waals surface area contributed by atoms with Crippen LogP contribution >= 0.6 is 0 Å². The third-order valence-electron chi connectivity index (χ3n) is 5.23. The summed E-state index contributed by atoms with van der Waals surface area (Å²) in [6, 6.07) is 18.7. The topological polar surface area (TPSA) is 138 Å². The lowest BCUT2D eigenvalue weighted by atomic mass is 10.1. The Kier molecular flexibility index (Phi) is 7.05. The second-order valence-corrected chi connectivity index (χ2v) is 7.79. The first kappa shape index (κ1) is 24.1. The third kappa shape index (κ3) is 5.73. The molecule has 0 saturated carbocycles. The summed E-state index contributed by atoms with van der Waals surface area (Å²) in [6.07, 6.45) is 0. The Bertz CT molecular complexity index is 1510. The number of nitro groups is 1. The second-order valence-electron chi connectivity index (χ2n) is 7.79. The summed E-state index contributed by atoms with van der Waals surface area (Å²) in [6.45, 7) is 1.43. The van der Waals surface area contributed by atoms with Gasteiger partial charge in [0.1, 0.15) is 23.6 Å². The average molecular weight is 488 g/mol. The minimum Gasteiger partial charge on any atom is -0.489 e. The molecule has 0 unspecified atom stereocenters. The van der Waals surface area contributed by atoms with Gasteiger partial charge in [-0.05, 0) is 48.4 Å². The van der Waals surface area contributed by atoms with Gasteiger partial charge in [-0.25, -0.2) is 9.59 Å². The van der Waals surface area contributed by atoms with Crippen LogP contribution in [0.4, 0.5) is 11.4 Å². The van der Waals surface area contributed by atoms with Gasteiger partial charge in [0.2, 0.25) is 0 Å². The standard InChI is InChI=1S/C26H20N2O8/c1-16-12-25(30)36-23-13-19(10-11-20(16)23)34-14-17-6-8-18(9-7-17)26(31)35-15-24(29)27-21-4-2-3-5-22(21)28(32)33/h2-13H,14-15H2,1H3,(H,27,29). The number of carbonyl (C=O) groups is 2. The highest BCUT2D eigenvalue weighted by atomic mass is 16.6. The SMILES string of the molecule is Cc1cc(=O)oc2cc(OCc3ccc(C(=O)OCC(=O)Nc4ccccc4[N+](=O)[O-])cc3)ccc12. The Hall–Kier alpha value is -4.99. The fourth-order valence-electron chi connectivity index (χ4n) is 3.44. The fraction of sp³-hybridized carbons (Fsp3) is 0.115. The number of nitrogens with zero attached hydrogens (tertiary/aromatic N) is 1. The van der Waals surface area contributed by atoms with Crippen LogP contribution in [0.3, 0.4) is 0 Å². The van der Waals surface area contributed by atoms with Gasteiger partial charge in [0.25, 0.3) is 11.6 Å². The molecule has 0 spiro atoms. The highest BCUT2D eigenvalue weighted by Gasteiger charge is 2.16. The minimum absolute atomic E-state index is 0.0107. The lowest BCUT2D eigenvalue weighted by molar-refractivity contribution is -0.383. The van der Waals surface area contributed by atoms with Crippen LogP contribution < -0.4 is 15.7 Å². The number of nitro benzene ring substituents is 1. The van der Waals surface area contributed by atoms with E-state index in [-0.39, 0.29) is 23.5 Å². The van der Waals surface area contributed by atoms with Crippen LogP contribution in [0.25, 0.3) is 11.0 Å². The zero-order valence-corrected chi connectivity index (χ0v) is 19.1. The van der Waals surface area contributed by atoms with Crippen molar-refractivity contribution in [2.45, 2.75) is 13.5 Å². The summed E-state index contributed by atoms with van der Waals surface area (Å²) in [4.78, 5) is 46.3. The Morgan fingerprint density at radius 2 is 1.78 bits per heavy atom. The van der Waals surface area contributed by atoms with Gasteiger partial charge in [0, 0.05) is 23.6 Å². The van der Waals surface area contributed by atoms with Crippen LogP contribution in [-0.4, -0.2) is 23.4 Å². The van der Waals surface area contributed by atoms with Gasteiger partial charge < -0.3 is 19.2 Å². The number of esters is 1. The lowest BCUT2D eigenvalue weighted by Crippen LogP contribution is -2.21. The quantitative estimate of drug-likeness (QED) is 0.167. The zero-order valence-electron chi connectivity index (χ0n) is 19.1. The maximum absolute atomic E-state index is 12.3. The number of hydrogen-bond acceptors (Lipinski definition) is 8. The first-order chi connectivity index (χ1) is 17.3. The van der Waals surface area contributed by atoms with Crippen molar-refractivity contribution in [1.82, 2.24) is 0 Å². The van der Waals surface area contributed by atoms with E-state index in [1.54, 1.807) is 30.3 Å². The Balaban J connectivity index is 1.31. The maximum atomic E-state index is 12.3. The van der Waals surface area contributed by atoms with E-state index < -0.39 is 29.0 Å². The summed E-state index contributed by atoms with van der Waals surface area (Å²) < 4.78 is 16.0. The molecule has 0 saturated heterocycles. The van der Waals surface area contributed by atoms with Crippen molar-refractivity contribution in [3.05, 3.63) is 110 Å². The molecule has 1 aromatic heterocycles. The van der Waals surface area contributed by atoms with E-state index in [1.807, 2.05) is 13.0 Å². The number of ether oxygens (including phenoxy) is 2. The van der Waals surface area contributed by atoms with E-state index in [9.17, 15) is 24.5 Å². The summed E-state index contributed by atoms with van der Waals surface area (Å²) >= 11 is 0. The molecule has 1 heterocycles. The number of para-hydroxylation sites is 2. The molecule has 0 radical (unpaired) electrons. The van der Waals surface area contributed by atoms with E-state index in [2.05, 4.69) is 5.32 Å². The molecule has 4 rings (SSSR count). The Morgan fingerprint density at radius 1 is 1.03 bits per heavy atom. The van der Waals surface area contributed by atoms with E-state index in [1.165, 1.54) is 36.4 Å². The first-order valence-corrected chi connectivity index (χ1v) is 10.8. The number of hydrogen-bond donors (Lipinski definition) is 1. The van der Waals surface area contributed by atoms with Gasteiger partial charge in [-0.15, -0.1) is 0 Å². The highest BCUT2D eigenvalue weighted by Crippen LogP contribution is 2.24. The minimum atomic E-state index is -0.722. The van der Waals surface area contributed by atoms with E-state index in [0.717, 1.165) is 16.5 Å². The van der Waals surface area contributed by atoms with E-state index in [0.29, 0.717) is 11.3 Å². The van der Waals surface area contributed by atoms with Crippen molar-refractivity contribution in [2.24, 2.45) is 0 Å². The van der Waals surface area contributed by atoms with Crippen LogP contribution in [0.5, 0.6) is 5.75 Å². The molecule has 1 N–H and O–H groups in total. The molecular formula is C26H20N2O8. The van der Waals surface area contributed by atoms with Gasteiger partial charge in [-0.2, -0.15) is 0 Å². The third-order valence-corrected chi connectivity index (χ3v) is 5.23. The number of amides is 1. The van der Waals surface area contributed by atoms with Gasteiger partial charge in [-0.1, -0.05) is 24.3 Å². The van der Waals surface area contributed by atoms with Crippen molar-refractivity contribution in [3.8, 4) is 5.75 Å². The van der Waals surface area contributed by atoms with E-state index >= 15 is 0 Å². The molecule has 10 heteroatoms. The number of fused-ring (bicyclic) bond motifs is 1. The summed E-state index contributed by atoms with van der Waals surface area (Å²) in [7, 11) is 0. The summed E-state index contributed by atoms with van der Waals surface area (Å²) in [5, 5.41) is 14.2. The molecule has 10 nitrogen and oxygen atoms in total. The number of aryl methyl sites for hydroxylation is 1. The van der Waals surface area contributed by atoms with Crippen LogP contribution in [0, 0.1) is 17.0 Å². The second kappa shape index (κ2) is 10.5. The van der Waals surface area contributed by atoms with E-state index in [4.69, 9.17) is 13.9 Å². The zero-order chi connectivity index (χ0) is 25.7. The van der Waals surface area contributed by atoms with Crippen molar-refractivity contribution in [2.75, 3.05) is 11.9 Å². The smallest absolute Gasteiger partial charge is 0.338 e. The first-order valence-electron chi connectivity index (χ1n) is 10.8. The monoisotopic (exact) mass is 488 g/mol. The lowest BCUT2D eigenvalue weighted by Gasteiger charge is -2.09. The normalized spacial score (nSPS) is 10.6. The number of benzene rings is 3. The fourth-order valence-corrected chi connectivity index (χ4v) is 3.44. The molecule has 4 aromatic rings. The van der Waals surface area contributed by atoms with Crippen LogP contribution in [0.15, 0.2) is 82.0 Å². The molecule has 0 aliphatic rings. The van der Waals surface area contributed by atoms with Crippen molar-refractivity contribution >= 4 is 34.2 Å². The number of carbonyl (C=O) groups excluding carboxylic acids is 2. The van der Waals surface area contributed by atoms with Crippen molar-refractivity contribution in [1.29, 1.82) is 0 Å². The molecule has 36 heavy (non-hydrogen) atoms. The Morgan fingerprint density at radius 3 is 2.53 bits per heavy atom. The number of nitrogens with one attached hydrogen (secondary N) is 1. The van der Waals surface area contributed by atoms with Crippen molar-refractivity contribution in [3.63, 3.8) is 0 Å². The molecule has 0 aliphatic carbocycles. The highest BCUT2D eigenvalue weighted by molar-refractivity contribution is 5.96. The molecule has 0 bridgehead atoms. The molecule has 182 valence electrons. The number of anilines is 1. The van der Waals surface area contributed by atoms with Crippen molar-refractivity contribution < 1.29 is 28.4 Å².